The van der Waals surface area contributed by atoms with Gasteiger partial charge in [0.15, 0.2) is 0 Å². The molecule has 35 heavy (non-hydrogen) atoms. The first-order chi connectivity index (χ1) is 17.3. The lowest BCUT2D eigenvalue weighted by Gasteiger charge is -2.17. The number of nitrogens with zero attached hydrogens (tertiary/aromatic N) is 2. The molecule has 6 nitrogen and oxygen atoms in total. The van der Waals surface area contributed by atoms with Crippen LogP contribution in [-0.4, -0.2) is 47.8 Å². The van der Waals surface area contributed by atoms with Gasteiger partial charge in [0.1, 0.15) is 11.7 Å². The second kappa shape index (κ2) is 8.17. The van der Waals surface area contributed by atoms with Crippen LogP contribution in [0.5, 0.6) is 0 Å². The summed E-state index contributed by atoms with van der Waals surface area (Å²) in [6.45, 7) is 3.49. The first-order valence-corrected chi connectivity index (χ1v) is 12.2. The van der Waals surface area contributed by atoms with E-state index in [1.807, 2.05) is 0 Å². The van der Waals surface area contributed by atoms with Crippen LogP contribution < -0.4 is 10.6 Å². The van der Waals surface area contributed by atoms with Crippen molar-refractivity contribution in [1.82, 2.24) is 20.6 Å². The Morgan fingerprint density at radius 1 is 0.629 bits per heavy atom. The van der Waals surface area contributed by atoms with Gasteiger partial charge in [0.2, 0.25) is 0 Å². The summed E-state index contributed by atoms with van der Waals surface area (Å²) >= 11 is 0. The molecule has 0 atom stereocenters. The Balaban J connectivity index is 1.37. The average molecular weight is 459 g/mol. The number of aliphatic imine (C=N–C) groups is 2. The molecule has 0 radical (unpaired) electrons. The molecule has 0 fully saturated rings. The van der Waals surface area contributed by atoms with Crippen molar-refractivity contribution in [2.75, 3.05) is 26.2 Å². The molecular formula is C29H26N6. The number of aromatic amines is 2. The third kappa shape index (κ3) is 3.41. The maximum absolute atomic E-state index is 4.59. The van der Waals surface area contributed by atoms with Crippen molar-refractivity contribution in [2.24, 2.45) is 9.98 Å². The predicted octanol–water partition coefficient (Wildman–Crippen LogP) is 4.53. The first-order valence-electron chi connectivity index (χ1n) is 12.2. The molecule has 0 spiro atoms. The summed E-state index contributed by atoms with van der Waals surface area (Å²) in [4.78, 5) is 16.3. The van der Waals surface area contributed by atoms with Crippen LogP contribution >= 0.6 is 0 Å². The molecule has 2 aliphatic heterocycles. The van der Waals surface area contributed by atoms with E-state index < -0.39 is 0 Å². The molecule has 0 unspecified atom stereocenters. The second-order valence-electron chi connectivity index (χ2n) is 9.17. The fourth-order valence-electron chi connectivity index (χ4n) is 5.42. The topological polar surface area (TPSA) is 80.4 Å². The number of aromatic nitrogens is 2. The van der Waals surface area contributed by atoms with Gasteiger partial charge in [-0.1, -0.05) is 54.6 Å². The van der Waals surface area contributed by atoms with Crippen LogP contribution in [0.15, 0.2) is 89.1 Å². The molecule has 2 aromatic heterocycles. The molecule has 6 heteroatoms. The Bertz CT molecular complexity index is 1500. The second-order valence-corrected chi connectivity index (χ2v) is 9.17. The molecule has 7 rings (SSSR count). The van der Waals surface area contributed by atoms with E-state index in [4.69, 9.17) is 0 Å². The fraction of sp³-hybridized carbons (Fsp3) is 0.172. The van der Waals surface area contributed by atoms with E-state index >= 15 is 0 Å². The summed E-state index contributed by atoms with van der Waals surface area (Å²) in [6, 6.07) is 24.0. The molecule has 4 heterocycles. The van der Waals surface area contributed by atoms with Crippen LogP contribution in [0.2, 0.25) is 0 Å². The first kappa shape index (κ1) is 20.1. The van der Waals surface area contributed by atoms with Crippen molar-refractivity contribution in [2.45, 2.75) is 5.92 Å². The number of fused-ring (bicyclic) bond motifs is 2. The fourth-order valence-corrected chi connectivity index (χ4v) is 5.42. The van der Waals surface area contributed by atoms with Gasteiger partial charge in [0.05, 0.1) is 13.1 Å². The molecule has 0 saturated heterocycles. The molecule has 4 N–H and O–H groups in total. The highest BCUT2D eigenvalue weighted by atomic mass is 15.1. The number of amidine groups is 2. The van der Waals surface area contributed by atoms with Crippen LogP contribution in [0.3, 0.4) is 0 Å². The SMILES string of the molecule is c1ccc(C(c2c[nH]c3cc(C4=NCCN4)ccc23)c2c[nH]c3cc(C4=NCCN4)ccc23)cc1. The molecule has 0 aliphatic carbocycles. The molecule has 5 aromatic rings. The van der Waals surface area contributed by atoms with Gasteiger partial charge in [0, 0.05) is 64.3 Å². The van der Waals surface area contributed by atoms with E-state index in [-0.39, 0.29) is 5.92 Å². The summed E-state index contributed by atoms with van der Waals surface area (Å²) in [5.74, 6) is 2.06. The van der Waals surface area contributed by atoms with Gasteiger partial charge in [-0.25, -0.2) is 0 Å². The molecule has 172 valence electrons. The summed E-state index contributed by atoms with van der Waals surface area (Å²) < 4.78 is 0. The van der Waals surface area contributed by atoms with Crippen LogP contribution in [0.4, 0.5) is 0 Å². The van der Waals surface area contributed by atoms with E-state index in [0.717, 1.165) is 60.0 Å². The zero-order valence-electron chi connectivity index (χ0n) is 19.3. The molecule has 0 bridgehead atoms. The van der Waals surface area contributed by atoms with Gasteiger partial charge in [-0.15, -0.1) is 0 Å². The quantitative estimate of drug-likeness (QED) is 0.312. The average Bonchev–Trinajstić information content (AvgIpc) is 3.72. The van der Waals surface area contributed by atoms with E-state index in [9.17, 15) is 0 Å². The van der Waals surface area contributed by atoms with Crippen molar-refractivity contribution in [3.05, 3.63) is 107 Å². The summed E-state index contributed by atoms with van der Waals surface area (Å²) in [5, 5.41) is 9.22. The highest BCUT2D eigenvalue weighted by Gasteiger charge is 2.24. The molecule has 2 aliphatic rings. The zero-order valence-corrected chi connectivity index (χ0v) is 19.3. The van der Waals surface area contributed by atoms with Gasteiger partial charge in [-0.3, -0.25) is 9.98 Å². The maximum atomic E-state index is 4.59. The predicted molar refractivity (Wildman–Crippen MR) is 143 cm³/mol. The van der Waals surface area contributed by atoms with E-state index in [2.05, 4.69) is 110 Å². The Morgan fingerprint density at radius 2 is 1.17 bits per heavy atom. The Morgan fingerprint density at radius 3 is 1.66 bits per heavy atom. The van der Waals surface area contributed by atoms with Crippen molar-refractivity contribution in [1.29, 1.82) is 0 Å². The summed E-state index contributed by atoms with van der Waals surface area (Å²) in [7, 11) is 0. The van der Waals surface area contributed by atoms with Crippen molar-refractivity contribution in [3.63, 3.8) is 0 Å². The smallest absolute Gasteiger partial charge is 0.128 e. The molecule has 3 aromatic carbocycles. The maximum Gasteiger partial charge on any atom is 0.128 e. The minimum Gasteiger partial charge on any atom is -0.368 e. The van der Waals surface area contributed by atoms with E-state index in [0.29, 0.717) is 0 Å². The number of hydrogen-bond donors (Lipinski definition) is 4. The van der Waals surface area contributed by atoms with Crippen molar-refractivity contribution in [3.8, 4) is 0 Å². The van der Waals surface area contributed by atoms with Gasteiger partial charge in [-0.05, 0) is 28.8 Å². The number of H-pyrrole nitrogens is 2. The Kier molecular flexibility index (Phi) is 4.69. The van der Waals surface area contributed by atoms with Crippen LogP contribution in [0, 0.1) is 0 Å². The molecular weight excluding hydrogens is 432 g/mol. The minimum atomic E-state index is 0.0966. The third-order valence-electron chi connectivity index (χ3n) is 7.08. The molecule has 0 saturated carbocycles. The Labute approximate surface area is 203 Å². The zero-order chi connectivity index (χ0) is 23.2. The van der Waals surface area contributed by atoms with Gasteiger partial charge < -0.3 is 20.6 Å². The summed E-state index contributed by atoms with van der Waals surface area (Å²) in [5.41, 5.74) is 8.32. The van der Waals surface area contributed by atoms with Gasteiger partial charge >= 0.3 is 0 Å². The van der Waals surface area contributed by atoms with E-state index in [1.165, 1.54) is 27.5 Å². The largest absolute Gasteiger partial charge is 0.368 e. The van der Waals surface area contributed by atoms with Crippen molar-refractivity contribution >= 4 is 33.5 Å². The number of hydrogen-bond acceptors (Lipinski definition) is 4. The Hall–Kier alpha value is -4.32. The monoisotopic (exact) mass is 458 g/mol. The molecule has 0 amide bonds. The highest BCUT2D eigenvalue weighted by molar-refractivity contribution is 6.04. The normalized spacial score (nSPS) is 15.5. The highest BCUT2D eigenvalue weighted by Crippen LogP contribution is 2.39. The van der Waals surface area contributed by atoms with Crippen LogP contribution in [0.25, 0.3) is 21.8 Å². The van der Waals surface area contributed by atoms with E-state index in [1.54, 1.807) is 0 Å². The summed E-state index contributed by atoms with van der Waals surface area (Å²) in [6.07, 6.45) is 4.33. The lowest BCUT2D eigenvalue weighted by atomic mass is 9.84. The number of benzene rings is 3. The number of nitrogens with one attached hydrogen (secondary N) is 4. The number of rotatable bonds is 5. The van der Waals surface area contributed by atoms with Crippen molar-refractivity contribution < 1.29 is 0 Å². The van der Waals surface area contributed by atoms with Crippen LogP contribution in [-0.2, 0) is 0 Å². The minimum absolute atomic E-state index is 0.0966. The lowest BCUT2D eigenvalue weighted by molar-refractivity contribution is 0.960. The van der Waals surface area contributed by atoms with Gasteiger partial charge in [0.25, 0.3) is 0 Å². The van der Waals surface area contributed by atoms with Gasteiger partial charge in [-0.2, -0.15) is 0 Å². The van der Waals surface area contributed by atoms with Crippen LogP contribution in [0.1, 0.15) is 33.7 Å². The third-order valence-corrected chi connectivity index (χ3v) is 7.08. The standard InChI is InChI=1S/C29H26N6/c1-2-4-18(5-3-1)27(23-16-34-25-14-19(6-8-21(23)25)28-30-10-11-31-28)24-17-35-26-15-20(7-9-22(24)26)29-32-12-13-33-29/h1-9,14-17,27,34-35H,10-13H2,(H,30,31)(H,32,33). The lowest BCUT2D eigenvalue weighted by Crippen LogP contribution is -2.19.